The van der Waals surface area contributed by atoms with Crippen molar-refractivity contribution in [3.05, 3.63) is 30.3 Å². The molecule has 0 spiro atoms. The summed E-state index contributed by atoms with van der Waals surface area (Å²) in [4.78, 5) is 6.96. The normalized spacial score (nSPS) is 15.6. The zero-order valence-corrected chi connectivity index (χ0v) is 10.8. The van der Waals surface area contributed by atoms with Gasteiger partial charge in [-0.1, -0.05) is 6.42 Å². The number of benzene rings is 1. The molecule has 0 bridgehead atoms. The number of anilines is 2. The lowest BCUT2D eigenvalue weighted by Gasteiger charge is -2.30. The van der Waals surface area contributed by atoms with E-state index in [-0.39, 0.29) is 0 Å². The Labute approximate surface area is 108 Å². The van der Waals surface area contributed by atoms with E-state index < -0.39 is 0 Å². The van der Waals surface area contributed by atoms with Crippen LogP contribution in [0.2, 0.25) is 0 Å². The van der Waals surface area contributed by atoms with Crippen molar-refractivity contribution in [3.8, 4) is 0 Å². The van der Waals surface area contributed by atoms with Crippen molar-refractivity contribution in [2.24, 2.45) is 5.92 Å². The molecule has 94 valence electrons. The number of hydrogen-bond acceptors (Lipinski definition) is 3. The molecule has 1 aromatic heterocycles. The lowest BCUT2D eigenvalue weighted by Crippen LogP contribution is -2.29. The molecule has 2 aromatic rings. The minimum Gasteiger partial charge on any atom is -0.399 e. The Morgan fingerprint density at radius 2 is 2.11 bits per heavy atom. The van der Waals surface area contributed by atoms with Crippen molar-refractivity contribution in [1.82, 2.24) is 4.98 Å². The van der Waals surface area contributed by atoms with Crippen LogP contribution in [0, 0.1) is 5.92 Å². The van der Waals surface area contributed by atoms with Gasteiger partial charge in [-0.15, -0.1) is 0 Å². The number of hydrogen-bond donors (Lipinski definition) is 1. The predicted octanol–water partition coefficient (Wildman–Crippen LogP) is 3.05. The summed E-state index contributed by atoms with van der Waals surface area (Å²) in [7, 11) is 2.13. The zero-order valence-electron chi connectivity index (χ0n) is 10.8. The standard InChI is InChI=1S/C15H19N3/c1-18(10-11-3-2-4-11)15-8-5-12-9-13(16)6-7-14(12)17-15/h5-9,11H,2-4,10,16H2,1H3. The minimum absolute atomic E-state index is 0.792. The molecule has 3 heteroatoms. The van der Waals surface area contributed by atoms with E-state index in [0.717, 1.165) is 34.9 Å². The molecule has 1 heterocycles. The van der Waals surface area contributed by atoms with Crippen LogP contribution in [0.25, 0.3) is 10.9 Å². The summed E-state index contributed by atoms with van der Waals surface area (Å²) in [6.07, 6.45) is 4.13. The first-order chi connectivity index (χ1) is 8.72. The quantitative estimate of drug-likeness (QED) is 0.840. The van der Waals surface area contributed by atoms with E-state index in [2.05, 4.69) is 24.1 Å². The van der Waals surface area contributed by atoms with Gasteiger partial charge in [0, 0.05) is 24.7 Å². The molecule has 18 heavy (non-hydrogen) atoms. The molecule has 3 nitrogen and oxygen atoms in total. The summed E-state index contributed by atoms with van der Waals surface area (Å²) in [6.45, 7) is 1.12. The fourth-order valence-corrected chi connectivity index (χ4v) is 2.50. The van der Waals surface area contributed by atoms with Gasteiger partial charge in [-0.3, -0.25) is 0 Å². The number of pyridine rings is 1. The highest BCUT2D eigenvalue weighted by atomic mass is 15.2. The average molecular weight is 241 g/mol. The van der Waals surface area contributed by atoms with Crippen molar-refractivity contribution in [1.29, 1.82) is 0 Å². The van der Waals surface area contributed by atoms with Gasteiger partial charge in [0.25, 0.3) is 0 Å². The second kappa shape index (κ2) is 4.48. The van der Waals surface area contributed by atoms with Crippen LogP contribution in [-0.4, -0.2) is 18.6 Å². The van der Waals surface area contributed by atoms with Gasteiger partial charge in [-0.2, -0.15) is 0 Å². The number of nitrogens with zero attached hydrogens (tertiary/aromatic N) is 2. The van der Waals surface area contributed by atoms with E-state index in [4.69, 9.17) is 10.7 Å². The Bertz CT molecular complexity index is 561. The molecule has 1 fully saturated rings. The van der Waals surface area contributed by atoms with Crippen molar-refractivity contribution in [2.75, 3.05) is 24.2 Å². The van der Waals surface area contributed by atoms with E-state index in [9.17, 15) is 0 Å². The SMILES string of the molecule is CN(CC1CCC1)c1ccc2cc(N)ccc2n1. The highest BCUT2D eigenvalue weighted by Gasteiger charge is 2.19. The lowest BCUT2D eigenvalue weighted by molar-refractivity contribution is 0.321. The molecular weight excluding hydrogens is 222 g/mol. The third-order valence-corrected chi connectivity index (χ3v) is 3.85. The van der Waals surface area contributed by atoms with Crippen LogP contribution in [0.1, 0.15) is 19.3 Å². The Morgan fingerprint density at radius 1 is 1.28 bits per heavy atom. The molecule has 0 radical (unpaired) electrons. The molecule has 0 amide bonds. The van der Waals surface area contributed by atoms with Gasteiger partial charge in [-0.25, -0.2) is 4.98 Å². The Balaban J connectivity index is 1.85. The summed E-state index contributed by atoms with van der Waals surface area (Å²) in [5.41, 5.74) is 7.58. The van der Waals surface area contributed by atoms with Crippen LogP contribution in [0.3, 0.4) is 0 Å². The lowest BCUT2D eigenvalue weighted by atomic mass is 9.85. The van der Waals surface area contributed by atoms with Gasteiger partial charge >= 0.3 is 0 Å². The highest BCUT2D eigenvalue weighted by Crippen LogP contribution is 2.28. The first-order valence-corrected chi connectivity index (χ1v) is 6.60. The van der Waals surface area contributed by atoms with Gasteiger partial charge in [0.1, 0.15) is 5.82 Å². The molecule has 3 rings (SSSR count). The van der Waals surface area contributed by atoms with Crippen molar-refractivity contribution in [2.45, 2.75) is 19.3 Å². The molecule has 1 aliphatic rings. The van der Waals surface area contributed by atoms with Crippen LogP contribution >= 0.6 is 0 Å². The summed E-state index contributed by atoms with van der Waals surface area (Å²) in [5.74, 6) is 1.91. The summed E-state index contributed by atoms with van der Waals surface area (Å²) < 4.78 is 0. The van der Waals surface area contributed by atoms with E-state index >= 15 is 0 Å². The van der Waals surface area contributed by atoms with E-state index in [1.165, 1.54) is 19.3 Å². The third kappa shape index (κ3) is 2.13. The summed E-state index contributed by atoms with van der Waals surface area (Å²) in [6, 6.07) is 10.1. The van der Waals surface area contributed by atoms with E-state index in [1.54, 1.807) is 0 Å². The number of nitrogens with two attached hydrogens (primary N) is 1. The predicted molar refractivity (Wildman–Crippen MR) is 76.8 cm³/mol. The molecule has 0 saturated heterocycles. The van der Waals surface area contributed by atoms with Crippen molar-refractivity contribution >= 4 is 22.4 Å². The number of nitrogen functional groups attached to an aromatic ring is 1. The second-order valence-corrected chi connectivity index (χ2v) is 5.30. The van der Waals surface area contributed by atoms with Crippen LogP contribution in [0.5, 0.6) is 0 Å². The van der Waals surface area contributed by atoms with Crippen LogP contribution < -0.4 is 10.6 Å². The van der Waals surface area contributed by atoms with E-state index in [0.29, 0.717) is 0 Å². The number of aromatic nitrogens is 1. The highest BCUT2D eigenvalue weighted by molar-refractivity contribution is 5.83. The van der Waals surface area contributed by atoms with Gasteiger partial charge in [0.05, 0.1) is 5.52 Å². The molecule has 0 atom stereocenters. The maximum Gasteiger partial charge on any atom is 0.128 e. The molecule has 0 unspecified atom stereocenters. The maximum atomic E-state index is 5.78. The van der Waals surface area contributed by atoms with Crippen molar-refractivity contribution < 1.29 is 0 Å². The van der Waals surface area contributed by atoms with Gasteiger partial charge in [0.15, 0.2) is 0 Å². The van der Waals surface area contributed by atoms with Gasteiger partial charge in [-0.05, 0) is 49.1 Å². The minimum atomic E-state index is 0.792. The average Bonchev–Trinajstić information content (AvgIpc) is 2.33. The third-order valence-electron chi connectivity index (χ3n) is 3.85. The fourth-order valence-electron chi connectivity index (χ4n) is 2.50. The van der Waals surface area contributed by atoms with Gasteiger partial charge < -0.3 is 10.6 Å². The molecule has 1 aromatic carbocycles. The Hall–Kier alpha value is -1.77. The zero-order chi connectivity index (χ0) is 12.5. The van der Waals surface area contributed by atoms with Crippen LogP contribution in [0.4, 0.5) is 11.5 Å². The topological polar surface area (TPSA) is 42.1 Å². The largest absolute Gasteiger partial charge is 0.399 e. The Kier molecular flexibility index (Phi) is 2.82. The summed E-state index contributed by atoms with van der Waals surface area (Å²) in [5, 5.41) is 1.11. The first-order valence-electron chi connectivity index (χ1n) is 6.60. The van der Waals surface area contributed by atoms with Crippen LogP contribution in [-0.2, 0) is 0 Å². The van der Waals surface area contributed by atoms with Crippen molar-refractivity contribution in [3.63, 3.8) is 0 Å². The fraction of sp³-hybridized carbons (Fsp3) is 0.400. The van der Waals surface area contributed by atoms with Gasteiger partial charge in [0.2, 0.25) is 0 Å². The summed E-state index contributed by atoms with van der Waals surface area (Å²) >= 11 is 0. The molecule has 2 N–H and O–H groups in total. The van der Waals surface area contributed by atoms with E-state index in [1.807, 2.05) is 18.2 Å². The molecule has 0 aliphatic heterocycles. The monoisotopic (exact) mass is 241 g/mol. The van der Waals surface area contributed by atoms with Crippen LogP contribution in [0.15, 0.2) is 30.3 Å². The second-order valence-electron chi connectivity index (χ2n) is 5.30. The molecule has 1 saturated carbocycles. The maximum absolute atomic E-state index is 5.78. The first kappa shape index (κ1) is 11.3. The number of fused-ring (bicyclic) bond motifs is 1. The molecule has 1 aliphatic carbocycles. The smallest absolute Gasteiger partial charge is 0.128 e. The molecular formula is C15H19N3. The number of rotatable bonds is 3. The Morgan fingerprint density at radius 3 is 2.83 bits per heavy atom.